The molecule has 134 valence electrons. The standard InChI is InChI=1S/C18H20N6O2/c1-24(2)18-22-15(21-17(19)23-18)11-26-16-8-4-7-14(20-16)13-6-3-5-12(9-13)10-25/h3-9,25H,10-11H2,1-2H3,(H2,19,21,22,23). The highest BCUT2D eigenvalue weighted by Gasteiger charge is 2.08. The number of nitrogens with two attached hydrogens (primary N) is 1. The zero-order valence-corrected chi connectivity index (χ0v) is 14.6. The topological polar surface area (TPSA) is 110 Å². The molecule has 0 aliphatic rings. The van der Waals surface area contributed by atoms with Crippen molar-refractivity contribution in [3.8, 4) is 17.1 Å². The van der Waals surface area contributed by atoms with Crippen LogP contribution in [0, 0.1) is 0 Å². The lowest BCUT2D eigenvalue weighted by molar-refractivity contribution is 0.282. The third-order valence-corrected chi connectivity index (χ3v) is 3.57. The Bertz CT molecular complexity index is 900. The van der Waals surface area contributed by atoms with Gasteiger partial charge in [0.15, 0.2) is 5.82 Å². The largest absolute Gasteiger partial charge is 0.469 e. The van der Waals surface area contributed by atoms with Crippen LogP contribution in [0.2, 0.25) is 0 Å². The Balaban J connectivity index is 1.77. The highest BCUT2D eigenvalue weighted by Crippen LogP contribution is 2.21. The van der Waals surface area contributed by atoms with E-state index >= 15 is 0 Å². The molecule has 26 heavy (non-hydrogen) atoms. The first-order valence-corrected chi connectivity index (χ1v) is 8.03. The zero-order valence-electron chi connectivity index (χ0n) is 14.6. The van der Waals surface area contributed by atoms with Crippen LogP contribution in [0.25, 0.3) is 11.3 Å². The lowest BCUT2D eigenvalue weighted by Crippen LogP contribution is -2.17. The smallest absolute Gasteiger partial charge is 0.230 e. The third-order valence-electron chi connectivity index (χ3n) is 3.57. The molecule has 0 saturated carbocycles. The van der Waals surface area contributed by atoms with Crippen molar-refractivity contribution in [2.45, 2.75) is 13.2 Å². The van der Waals surface area contributed by atoms with E-state index in [1.807, 2.05) is 50.5 Å². The number of anilines is 2. The molecule has 8 nitrogen and oxygen atoms in total. The number of nitrogen functional groups attached to an aromatic ring is 1. The van der Waals surface area contributed by atoms with Gasteiger partial charge >= 0.3 is 0 Å². The first kappa shape index (κ1) is 17.6. The molecule has 3 rings (SSSR count). The van der Waals surface area contributed by atoms with Crippen LogP contribution in [-0.4, -0.2) is 39.1 Å². The van der Waals surface area contributed by atoms with Crippen LogP contribution in [0.3, 0.4) is 0 Å². The van der Waals surface area contributed by atoms with Crippen molar-refractivity contribution < 1.29 is 9.84 Å². The lowest BCUT2D eigenvalue weighted by atomic mass is 10.1. The number of aliphatic hydroxyl groups excluding tert-OH is 1. The summed E-state index contributed by atoms with van der Waals surface area (Å²) >= 11 is 0. The summed E-state index contributed by atoms with van der Waals surface area (Å²) in [5.74, 6) is 1.49. The first-order chi connectivity index (χ1) is 12.5. The Hall–Kier alpha value is -3.26. The number of nitrogens with zero attached hydrogens (tertiary/aromatic N) is 5. The van der Waals surface area contributed by atoms with E-state index in [4.69, 9.17) is 10.5 Å². The van der Waals surface area contributed by atoms with Gasteiger partial charge in [-0.25, -0.2) is 4.98 Å². The second kappa shape index (κ2) is 7.75. The van der Waals surface area contributed by atoms with Crippen molar-refractivity contribution in [3.05, 3.63) is 53.9 Å². The lowest BCUT2D eigenvalue weighted by Gasteiger charge is -2.12. The Morgan fingerprint density at radius 3 is 2.62 bits per heavy atom. The Labute approximate surface area is 151 Å². The van der Waals surface area contributed by atoms with Crippen LogP contribution in [0.15, 0.2) is 42.5 Å². The summed E-state index contributed by atoms with van der Waals surface area (Å²) in [5, 5.41) is 9.28. The summed E-state index contributed by atoms with van der Waals surface area (Å²) in [6, 6.07) is 13.1. The van der Waals surface area contributed by atoms with Gasteiger partial charge in [-0.05, 0) is 17.7 Å². The molecule has 0 aliphatic heterocycles. The maximum Gasteiger partial charge on any atom is 0.230 e. The minimum Gasteiger partial charge on any atom is -0.469 e. The van der Waals surface area contributed by atoms with Crippen molar-refractivity contribution in [1.82, 2.24) is 19.9 Å². The molecule has 0 spiro atoms. The number of aromatic nitrogens is 4. The predicted molar refractivity (Wildman–Crippen MR) is 98.5 cm³/mol. The van der Waals surface area contributed by atoms with Gasteiger partial charge in [-0.1, -0.05) is 24.3 Å². The molecule has 0 amide bonds. The Kier molecular flexibility index (Phi) is 5.23. The van der Waals surface area contributed by atoms with E-state index in [9.17, 15) is 5.11 Å². The fraction of sp³-hybridized carbons (Fsp3) is 0.222. The number of benzene rings is 1. The predicted octanol–water partition coefficient (Wildman–Crippen LogP) is 1.65. The number of ether oxygens (including phenoxy) is 1. The molecular weight excluding hydrogens is 332 g/mol. The van der Waals surface area contributed by atoms with Crippen LogP contribution < -0.4 is 15.4 Å². The maximum atomic E-state index is 9.28. The van der Waals surface area contributed by atoms with Crippen molar-refractivity contribution in [1.29, 1.82) is 0 Å². The Morgan fingerprint density at radius 2 is 1.85 bits per heavy atom. The van der Waals surface area contributed by atoms with Crippen molar-refractivity contribution in [2.24, 2.45) is 0 Å². The highest BCUT2D eigenvalue weighted by atomic mass is 16.5. The normalized spacial score (nSPS) is 10.6. The molecule has 0 atom stereocenters. The van der Waals surface area contributed by atoms with Crippen molar-refractivity contribution in [2.75, 3.05) is 24.7 Å². The van der Waals surface area contributed by atoms with Crippen LogP contribution in [0.5, 0.6) is 5.88 Å². The Morgan fingerprint density at radius 1 is 1.04 bits per heavy atom. The van der Waals surface area contributed by atoms with Gasteiger partial charge in [-0.15, -0.1) is 0 Å². The average molecular weight is 352 g/mol. The molecule has 1 aromatic carbocycles. The van der Waals surface area contributed by atoms with E-state index in [1.54, 1.807) is 11.0 Å². The second-order valence-electron chi connectivity index (χ2n) is 5.81. The van der Waals surface area contributed by atoms with E-state index in [0.717, 1.165) is 16.8 Å². The molecule has 3 N–H and O–H groups in total. The summed E-state index contributed by atoms with van der Waals surface area (Å²) in [7, 11) is 3.65. The number of hydrogen-bond acceptors (Lipinski definition) is 8. The highest BCUT2D eigenvalue weighted by molar-refractivity contribution is 5.60. The zero-order chi connectivity index (χ0) is 18.5. The van der Waals surface area contributed by atoms with E-state index in [-0.39, 0.29) is 19.2 Å². The summed E-state index contributed by atoms with van der Waals surface area (Å²) in [5.41, 5.74) is 8.20. The molecule has 2 heterocycles. The molecule has 0 unspecified atom stereocenters. The molecular formula is C18H20N6O2. The van der Waals surface area contributed by atoms with Crippen LogP contribution >= 0.6 is 0 Å². The second-order valence-corrected chi connectivity index (χ2v) is 5.81. The third kappa shape index (κ3) is 4.22. The molecule has 0 aliphatic carbocycles. The van der Waals surface area contributed by atoms with Gasteiger partial charge in [0, 0.05) is 25.7 Å². The number of pyridine rings is 1. The molecule has 0 saturated heterocycles. The number of aliphatic hydroxyl groups is 1. The van der Waals surface area contributed by atoms with Gasteiger partial charge in [-0.3, -0.25) is 0 Å². The molecule has 0 fully saturated rings. The van der Waals surface area contributed by atoms with Crippen LogP contribution in [0.4, 0.5) is 11.9 Å². The van der Waals surface area contributed by atoms with Crippen molar-refractivity contribution >= 4 is 11.9 Å². The van der Waals surface area contributed by atoms with Gasteiger partial charge in [0.05, 0.1) is 12.3 Å². The molecule has 0 radical (unpaired) electrons. The fourth-order valence-electron chi connectivity index (χ4n) is 2.31. The number of rotatable bonds is 6. The van der Waals surface area contributed by atoms with E-state index < -0.39 is 0 Å². The fourth-order valence-corrected chi connectivity index (χ4v) is 2.31. The van der Waals surface area contributed by atoms with Gasteiger partial charge in [0.1, 0.15) is 6.61 Å². The monoisotopic (exact) mass is 352 g/mol. The van der Waals surface area contributed by atoms with Gasteiger partial charge < -0.3 is 20.5 Å². The van der Waals surface area contributed by atoms with Crippen LogP contribution in [-0.2, 0) is 13.2 Å². The van der Waals surface area contributed by atoms with E-state index in [1.165, 1.54) is 0 Å². The first-order valence-electron chi connectivity index (χ1n) is 8.03. The van der Waals surface area contributed by atoms with Gasteiger partial charge in [0.2, 0.25) is 17.8 Å². The average Bonchev–Trinajstić information content (AvgIpc) is 2.66. The molecule has 3 aromatic rings. The summed E-state index contributed by atoms with van der Waals surface area (Å²) in [6.07, 6.45) is 0. The quantitative estimate of drug-likeness (QED) is 0.689. The van der Waals surface area contributed by atoms with E-state index in [2.05, 4.69) is 19.9 Å². The minimum absolute atomic E-state index is 0.0148. The summed E-state index contributed by atoms with van der Waals surface area (Å²) in [4.78, 5) is 18.7. The minimum atomic E-state index is -0.0148. The van der Waals surface area contributed by atoms with E-state index in [0.29, 0.717) is 17.7 Å². The number of hydrogen-bond donors (Lipinski definition) is 2. The van der Waals surface area contributed by atoms with Crippen molar-refractivity contribution in [3.63, 3.8) is 0 Å². The molecule has 0 bridgehead atoms. The van der Waals surface area contributed by atoms with Gasteiger partial charge in [0.25, 0.3) is 0 Å². The summed E-state index contributed by atoms with van der Waals surface area (Å²) < 4.78 is 5.71. The summed E-state index contributed by atoms with van der Waals surface area (Å²) in [6.45, 7) is 0.111. The van der Waals surface area contributed by atoms with Gasteiger partial charge in [-0.2, -0.15) is 15.0 Å². The van der Waals surface area contributed by atoms with Crippen LogP contribution in [0.1, 0.15) is 11.4 Å². The molecule has 2 aromatic heterocycles. The SMILES string of the molecule is CN(C)c1nc(N)nc(COc2cccc(-c3cccc(CO)c3)n2)n1. The molecule has 8 heteroatoms. The maximum absolute atomic E-state index is 9.28.